The summed E-state index contributed by atoms with van der Waals surface area (Å²) in [5.41, 5.74) is 0.808. The van der Waals surface area contributed by atoms with Crippen LogP contribution in [-0.4, -0.2) is 30.1 Å². The number of carbonyl (C=O) groups is 2. The molecule has 2 aromatic rings. The number of carboxylic acid groups (broad SMARTS) is 1. The van der Waals surface area contributed by atoms with Gasteiger partial charge in [-0.3, -0.25) is 9.59 Å². The van der Waals surface area contributed by atoms with E-state index in [-0.39, 0.29) is 30.1 Å². The molecule has 2 N–H and O–H groups in total. The van der Waals surface area contributed by atoms with Crippen molar-refractivity contribution in [2.45, 2.75) is 45.4 Å². The molecule has 1 aromatic carbocycles. The van der Waals surface area contributed by atoms with Crippen LogP contribution in [0.1, 0.15) is 44.6 Å². The van der Waals surface area contributed by atoms with E-state index in [2.05, 4.69) is 5.32 Å². The minimum atomic E-state index is -0.740. The second-order valence-corrected chi connectivity index (χ2v) is 8.18. The van der Waals surface area contributed by atoms with Gasteiger partial charge >= 0.3 is 11.6 Å². The summed E-state index contributed by atoms with van der Waals surface area (Å²) in [5, 5.41) is 13.0. The Morgan fingerprint density at radius 1 is 1.23 bits per heavy atom. The molecule has 162 valence electrons. The first-order chi connectivity index (χ1) is 14.4. The molecule has 8 heteroatoms. The molecule has 0 radical (unpaired) electrons. The second kappa shape index (κ2) is 9.98. The Hall–Kier alpha value is -2.54. The summed E-state index contributed by atoms with van der Waals surface area (Å²) in [6.45, 7) is 2.31. The van der Waals surface area contributed by atoms with Gasteiger partial charge in [-0.25, -0.2) is 4.79 Å². The summed E-state index contributed by atoms with van der Waals surface area (Å²) in [6, 6.07) is 4.71. The molecule has 1 saturated carbocycles. The number of aliphatic carboxylic acids is 1. The topological polar surface area (TPSA) is 106 Å². The van der Waals surface area contributed by atoms with Crippen molar-refractivity contribution in [1.29, 1.82) is 0 Å². The summed E-state index contributed by atoms with van der Waals surface area (Å²) in [4.78, 5) is 35.0. The van der Waals surface area contributed by atoms with E-state index in [4.69, 9.17) is 25.9 Å². The van der Waals surface area contributed by atoms with Crippen LogP contribution < -0.4 is 15.7 Å². The molecule has 1 amide bonds. The van der Waals surface area contributed by atoms with Gasteiger partial charge in [-0.05, 0) is 49.7 Å². The molecule has 1 fully saturated rings. The molecule has 0 bridgehead atoms. The Morgan fingerprint density at radius 3 is 2.63 bits per heavy atom. The van der Waals surface area contributed by atoms with Crippen molar-refractivity contribution in [2.75, 3.05) is 13.2 Å². The lowest BCUT2D eigenvalue weighted by Gasteiger charge is -2.26. The van der Waals surface area contributed by atoms with Gasteiger partial charge in [-0.2, -0.15) is 0 Å². The highest BCUT2D eigenvalue weighted by molar-refractivity contribution is 6.32. The number of halogens is 1. The van der Waals surface area contributed by atoms with Gasteiger partial charge in [-0.15, -0.1) is 0 Å². The second-order valence-electron chi connectivity index (χ2n) is 7.77. The number of fused-ring (bicyclic) bond motifs is 1. The molecular formula is C22H26ClNO6. The zero-order valence-electron chi connectivity index (χ0n) is 16.9. The van der Waals surface area contributed by atoms with E-state index in [1.54, 1.807) is 12.1 Å². The van der Waals surface area contributed by atoms with Crippen LogP contribution in [0.5, 0.6) is 5.75 Å². The van der Waals surface area contributed by atoms with Crippen molar-refractivity contribution in [2.24, 2.45) is 11.8 Å². The van der Waals surface area contributed by atoms with Gasteiger partial charge in [-0.1, -0.05) is 24.9 Å². The van der Waals surface area contributed by atoms with Crippen molar-refractivity contribution < 1.29 is 23.8 Å². The van der Waals surface area contributed by atoms with Crippen LogP contribution in [0, 0.1) is 11.8 Å². The molecular weight excluding hydrogens is 410 g/mol. The molecule has 1 aliphatic carbocycles. The number of amides is 1. The van der Waals surface area contributed by atoms with Gasteiger partial charge in [0, 0.05) is 24.1 Å². The average Bonchev–Trinajstić information content (AvgIpc) is 2.71. The van der Waals surface area contributed by atoms with Gasteiger partial charge in [0.25, 0.3) is 5.91 Å². The first kappa shape index (κ1) is 22.2. The summed E-state index contributed by atoms with van der Waals surface area (Å²) >= 11 is 6.31. The Kier molecular flexibility index (Phi) is 7.37. The van der Waals surface area contributed by atoms with Crippen molar-refractivity contribution >= 4 is 34.4 Å². The lowest BCUT2D eigenvalue weighted by Crippen LogP contribution is -2.35. The van der Waals surface area contributed by atoms with Crippen LogP contribution in [0.4, 0.5) is 0 Å². The molecule has 30 heavy (non-hydrogen) atoms. The zero-order valence-corrected chi connectivity index (χ0v) is 17.7. The predicted octanol–water partition coefficient (Wildman–Crippen LogP) is 3.78. The van der Waals surface area contributed by atoms with E-state index in [9.17, 15) is 14.4 Å². The van der Waals surface area contributed by atoms with Gasteiger partial charge in [0.2, 0.25) is 0 Å². The quantitative estimate of drug-likeness (QED) is 0.611. The lowest BCUT2D eigenvalue weighted by molar-refractivity contribution is -0.143. The lowest BCUT2D eigenvalue weighted by atomic mass is 9.82. The molecule has 1 heterocycles. The monoisotopic (exact) mass is 435 g/mol. The molecule has 0 aliphatic heterocycles. The van der Waals surface area contributed by atoms with E-state index in [0.717, 1.165) is 36.6 Å². The maximum absolute atomic E-state index is 12.2. The Labute approximate surface area is 179 Å². The highest BCUT2D eigenvalue weighted by atomic mass is 35.5. The summed E-state index contributed by atoms with van der Waals surface area (Å²) in [6.07, 6.45) is 4.47. The van der Waals surface area contributed by atoms with Gasteiger partial charge < -0.3 is 19.6 Å². The number of carboxylic acids is 1. The molecule has 3 rings (SSSR count). The van der Waals surface area contributed by atoms with E-state index >= 15 is 0 Å². The zero-order chi connectivity index (χ0) is 21.7. The Bertz CT molecular complexity index is 977. The normalized spacial score (nSPS) is 18.9. The third kappa shape index (κ3) is 5.53. The number of ether oxygens (including phenoxy) is 1. The number of hydrogen-bond donors (Lipinski definition) is 2. The van der Waals surface area contributed by atoms with Crippen LogP contribution in [0.15, 0.2) is 27.4 Å². The fraction of sp³-hybridized carbons (Fsp3) is 0.500. The van der Waals surface area contributed by atoms with Crippen LogP contribution >= 0.6 is 11.6 Å². The fourth-order valence-electron chi connectivity index (χ4n) is 3.88. The summed E-state index contributed by atoms with van der Waals surface area (Å²) in [7, 11) is 0. The minimum Gasteiger partial charge on any atom is -0.482 e. The van der Waals surface area contributed by atoms with Crippen molar-refractivity contribution in [3.8, 4) is 5.75 Å². The maximum atomic E-state index is 12.2. The third-order valence-electron chi connectivity index (χ3n) is 5.54. The number of aryl methyl sites for hydroxylation is 1. The van der Waals surface area contributed by atoms with E-state index in [0.29, 0.717) is 30.0 Å². The van der Waals surface area contributed by atoms with Crippen molar-refractivity contribution in [1.82, 2.24) is 5.32 Å². The highest BCUT2D eigenvalue weighted by Gasteiger charge is 2.26. The number of carbonyl (C=O) groups excluding carboxylic acids is 1. The maximum Gasteiger partial charge on any atom is 0.336 e. The summed E-state index contributed by atoms with van der Waals surface area (Å²) in [5.74, 6) is -0.741. The number of benzene rings is 1. The molecule has 0 unspecified atom stereocenters. The molecule has 0 atom stereocenters. The molecule has 7 nitrogen and oxygen atoms in total. The third-order valence-corrected chi connectivity index (χ3v) is 5.84. The fourth-order valence-corrected chi connectivity index (χ4v) is 4.10. The van der Waals surface area contributed by atoms with E-state index in [1.165, 1.54) is 6.07 Å². The van der Waals surface area contributed by atoms with E-state index < -0.39 is 11.6 Å². The average molecular weight is 436 g/mol. The SMILES string of the molecule is CCCc1cc(=O)oc2cc(OCC(=O)NCC3CCC(C(=O)O)CC3)c(Cl)cc12. The minimum absolute atomic E-state index is 0.214. The Morgan fingerprint density at radius 2 is 1.97 bits per heavy atom. The molecule has 0 spiro atoms. The molecule has 1 aromatic heterocycles. The molecule has 1 aliphatic rings. The summed E-state index contributed by atoms with van der Waals surface area (Å²) < 4.78 is 10.8. The van der Waals surface area contributed by atoms with Crippen LogP contribution in [0.25, 0.3) is 11.0 Å². The largest absolute Gasteiger partial charge is 0.482 e. The standard InChI is InChI=1S/C22H26ClNO6/c1-2-3-15-8-21(26)30-18-10-19(17(23)9-16(15)18)29-12-20(25)24-11-13-4-6-14(7-5-13)22(27)28/h8-10,13-14H,2-7,11-12H2,1H3,(H,24,25)(H,27,28). The highest BCUT2D eigenvalue weighted by Crippen LogP contribution is 2.32. The van der Waals surface area contributed by atoms with E-state index in [1.807, 2.05) is 6.92 Å². The number of rotatable bonds is 8. The van der Waals surface area contributed by atoms with Crippen LogP contribution in [0.3, 0.4) is 0 Å². The number of nitrogens with one attached hydrogen (secondary N) is 1. The Balaban J connectivity index is 1.56. The van der Waals surface area contributed by atoms with Gasteiger partial charge in [0.05, 0.1) is 10.9 Å². The van der Waals surface area contributed by atoms with Gasteiger partial charge in [0.1, 0.15) is 11.3 Å². The first-order valence-electron chi connectivity index (χ1n) is 10.3. The first-order valence-corrected chi connectivity index (χ1v) is 10.6. The molecule has 0 saturated heterocycles. The van der Waals surface area contributed by atoms with Crippen LogP contribution in [0.2, 0.25) is 5.02 Å². The predicted molar refractivity (Wildman–Crippen MR) is 113 cm³/mol. The number of hydrogen-bond acceptors (Lipinski definition) is 5. The van der Waals surface area contributed by atoms with Gasteiger partial charge in [0.15, 0.2) is 6.61 Å². The van der Waals surface area contributed by atoms with Crippen LogP contribution in [-0.2, 0) is 16.0 Å². The van der Waals surface area contributed by atoms with Crippen molar-refractivity contribution in [3.63, 3.8) is 0 Å². The smallest absolute Gasteiger partial charge is 0.336 e. The van der Waals surface area contributed by atoms with Crippen molar-refractivity contribution in [3.05, 3.63) is 39.2 Å².